The van der Waals surface area contributed by atoms with Crippen LogP contribution in [0.15, 0.2) is 27.6 Å². The van der Waals surface area contributed by atoms with E-state index in [0.29, 0.717) is 5.65 Å². The Labute approximate surface area is 86.9 Å². The lowest BCUT2D eigenvalue weighted by molar-refractivity contribution is 0.456. The van der Waals surface area contributed by atoms with Gasteiger partial charge in [-0.05, 0) is 28.1 Å². The molecule has 6 heteroatoms. The first-order chi connectivity index (χ1) is 6.59. The number of nitrogens with zero attached hydrogens (tertiary/aromatic N) is 2. The van der Waals surface area contributed by atoms with E-state index in [4.69, 9.17) is 5.73 Å². The van der Waals surface area contributed by atoms with Crippen LogP contribution >= 0.6 is 15.9 Å². The summed E-state index contributed by atoms with van der Waals surface area (Å²) in [6.07, 6.45) is 1.54. The molecule has 0 spiro atoms. The maximum absolute atomic E-state index is 11.5. The van der Waals surface area contributed by atoms with Crippen LogP contribution < -0.4 is 11.3 Å². The normalized spacial score (nSPS) is 10.6. The zero-order valence-electron chi connectivity index (χ0n) is 6.94. The van der Waals surface area contributed by atoms with Crippen molar-refractivity contribution in [2.45, 2.75) is 0 Å². The second-order valence-electron chi connectivity index (χ2n) is 2.73. The third-order valence-corrected chi connectivity index (χ3v) is 2.27. The van der Waals surface area contributed by atoms with Crippen molar-refractivity contribution in [3.05, 3.63) is 33.2 Å². The molecule has 14 heavy (non-hydrogen) atoms. The van der Waals surface area contributed by atoms with Crippen LogP contribution in [-0.4, -0.2) is 14.5 Å². The molecule has 0 fully saturated rings. The van der Waals surface area contributed by atoms with Gasteiger partial charge in [0, 0.05) is 10.7 Å². The molecule has 2 aromatic rings. The molecule has 0 aliphatic carbocycles. The SMILES string of the molecule is Nc1c(O)nc2ccc(Br)cn2c1=O. The number of halogens is 1. The first kappa shape index (κ1) is 9.01. The van der Waals surface area contributed by atoms with Crippen LogP contribution in [0.2, 0.25) is 0 Å². The highest BCUT2D eigenvalue weighted by atomic mass is 79.9. The summed E-state index contributed by atoms with van der Waals surface area (Å²) in [7, 11) is 0. The van der Waals surface area contributed by atoms with Crippen LogP contribution in [-0.2, 0) is 0 Å². The van der Waals surface area contributed by atoms with Gasteiger partial charge in [0.1, 0.15) is 5.65 Å². The van der Waals surface area contributed by atoms with Crippen molar-refractivity contribution < 1.29 is 5.11 Å². The zero-order chi connectivity index (χ0) is 10.3. The molecule has 0 aliphatic rings. The summed E-state index contributed by atoms with van der Waals surface area (Å²) in [5.74, 6) is -0.433. The third-order valence-electron chi connectivity index (χ3n) is 1.80. The van der Waals surface area contributed by atoms with Gasteiger partial charge in [-0.15, -0.1) is 0 Å². The van der Waals surface area contributed by atoms with Gasteiger partial charge in [0.05, 0.1) is 0 Å². The number of pyridine rings is 1. The van der Waals surface area contributed by atoms with Crippen LogP contribution in [0.25, 0.3) is 5.65 Å². The van der Waals surface area contributed by atoms with Gasteiger partial charge in [-0.25, -0.2) is 0 Å². The number of aromatic nitrogens is 2. The number of aromatic hydroxyl groups is 1. The maximum Gasteiger partial charge on any atom is 0.285 e. The summed E-state index contributed by atoms with van der Waals surface area (Å²) in [6.45, 7) is 0. The quantitative estimate of drug-likeness (QED) is 0.728. The zero-order valence-corrected chi connectivity index (χ0v) is 8.52. The van der Waals surface area contributed by atoms with Crippen molar-refractivity contribution in [3.63, 3.8) is 0 Å². The van der Waals surface area contributed by atoms with Crippen LogP contribution in [0.1, 0.15) is 0 Å². The Morgan fingerprint density at radius 1 is 1.50 bits per heavy atom. The lowest BCUT2D eigenvalue weighted by Crippen LogP contribution is -2.18. The van der Waals surface area contributed by atoms with E-state index < -0.39 is 11.4 Å². The molecule has 72 valence electrons. The van der Waals surface area contributed by atoms with E-state index in [1.165, 1.54) is 4.40 Å². The first-order valence-electron chi connectivity index (χ1n) is 3.76. The minimum absolute atomic E-state index is 0.249. The molecular formula is C8H6BrN3O2. The van der Waals surface area contributed by atoms with Crippen LogP contribution in [0.4, 0.5) is 5.69 Å². The summed E-state index contributed by atoms with van der Waals surface area (Å²) < 4.78 is 2.00. The van der Waals surface area contributed by atoms with Gasteiger partial charge in [0.25, 0.3) is 5.56 Å². The molecule has 0 amide bonds. The van der Waals surface area contributed by atoms with Crippen LogP contribution in [0.5, 0.6) is 5.88 Å². The molecule has 0 aliphatic heterocycles. The average Bonchev–Trinajstić information content (AvgIpc) is 2.16. The number of nitrogen functional groups attached to an aromatic ring is 1. The van der Waals surface area contributed by atoms with Gasteiger partial charge in [-0.1, -0.05) is 0 Å². The molecule has 0 bridgehead atoms. The summed E-state index contributed by atoms with van der Waals surface area (Å²) in [5, 5.41) is 9.21. The minimum Gasteiger partial charge on any atom is -0.492 e. The standard InChI is InChI=1S/C8H6BrN3O2/c9-4-1-2-5-11-7(13)6(10)8(14)12(5)3-4/h1-3,13H,10H2. The summed E-state index contributed by atoms with van der Waals surface area (Å²) >= 11 is 3.22. The van der Waals surface area contributed by atoms with E-state index in [-0.39, 0.29) is 5.69 Å². The van der Waals surface area contributed by atoms with Gasteiger partial charge in [0.2, 0.25) is 5.88 Å². The topological polar surface area (TPSA) is 80.6 Å². The molecule has 0 radical (unpaired) electrons. The lowest BCUT2D eigenvalue weighted by Gasteiger charge is -2.02. The largest absolute Gasteiger partial charge is 0.492 e. The fourth-order valence-corrected chi connectivity index (χ4v) is 1.45. The van der Waals surface area contributed by atoms with E-state index in [1.807, 2.05) is 0 Å². The Balaban J connectivity index is 2.99. The molecule has 0 unspecified atom stereocenters. The van der Waals surface area contributed by atoms with Crippen molar-refractivity contribution in [1.82, 2.24) is 9.38 Å². The molecule has 0 saturated carbocycles. The molecule has 2 aromatic heterocycles. The minimum atomic E-state index is -0.478. The maximum atomic E-state index is 11.5. The first-order valence-corrected chi connectivity index (χ1v) is 4.55. The van der Waals surface area contributed by atoms with Crippen molar-refractivity contribution in [3.8, 4) is 5.88 Å². The van der Waals surface area contributed by atoms with Gasteiger partial charge >= 0.3 is 0 Å². The number of hydrogen-bond acceptors (Lipinski definition) is 4. The molecule has 2 rings (SSSR count). The van der Waals surface area contributed by atoms with Crippen molar-refractivity contribution in [2.24, 2.45) is 0 Å². The molecule has 3 N–H and O–H groups in total. The highest BCUT2D eigenvalue weighted by Crippen LogP contribution is 2.14. The number of hydrogen-bond donors (Lipinski definition) is 2. The van der Waals surface area contributed by atoms with Crippen molar-refractivity contribution in [2.75, 3.05) is 5.73 Å². The van der Waals surface area contributed by atoms with Crippen LogP contribution in [0, 0.1) is 0 Å². The smallest absolute Gasteiger partial charge is 0.285 e. The Bertz CT molecular complexity index is 564. The second-order valence-corrected chi connectivity index (χ2v) is 3.65. The summed E-state index contributed by atoms with van der Waals surface area (Å²) in [4.78, 5) is 15.3. The van der Waals surface area contributed by atoms with Crippen molar-refractivity contribution in [1.29, 1.82) is 0 Å². The Kier molecular flexibility index (Phi) is 1.92. The van der Waals surface area contributed by atoms with Gasteiger partial charge in [-0.2, -0.15) is 4.98 Å². The number of rotatable bonds is 0. The lowest BCUT2D eigenvalue weighted by atomic mass is 10.4. The Morgan fingerprint density at radius 3 is 2.93 bits per heavy atom. The van der Waals surface area contributed by atoms with Gasteiger partial charge in [-0.3, -0.25) is 9.20 Å². The summed E-state index contributed by atoms with van der Waals surface area (Å²) in [6, 6.07) is 3.32. The third kappa shape index (κ3) is 1.24. The van der Waals surface area contributed by atoms with Gasteiger partial charge < -0.3 is 10.8 Å². The van der Waals surface area contributed by atoms with E-state index in [0.717, 1.165) is 4.47 Å². The second kappa shape index (κ2) is 2.98. The molecule has 0 aromatic carbocycles. The monoisotopic (exact) mass is 255 g/mol. The van der Waals surface area contributed by atoms with E-state index in [9.17, 15) is 9.90 Å². The molecule has 2 heterocycles. The molecular weight excluding hydrogens is 250 g/mol. The predicted molar refractivity (Wildman–Crippen MR) is 55.2 cm³/mol. The predicted octanol–water partition coefficient (Wildman–Crippen LogP) is 0.745. The molecule has 0 saturated heterocycles. The van der Waals surface area contributed by atoms with E-state index in [2.05, 4.69) is 20.9 Å². The Morgan fingerprint density at radius 2 is 2.21 bits per heavy atom. The Hall–Kier alpha value is -1.56. The number of fused-ring (bicyclic) bond motifs is 1. The highest BCUT2D eigenvalue weighted by Gasteiger charge is 2.07. The molecule has 5 nitrogen and oxygen atoms in total. The van der Waals surface area contributed by atoms with E-state index in [1.54, 1.807) is 18.3 Å². The van der Waals surface area contributed by atoms with Crippen molar-refractivity contribution >= 4 is 27.3 Å². The van der Waals surface area contributed by atoms with Crippen LogP contribution in [0.3, 0.4) is 0 Å². The highest BCUT2D eigenvalue weighted by molar-refractivity contribution is 9.10. The fourth-order valence-electron chi connectivity index (χ4n) is 1.11. The average molecular weight is 256 g/mol. The summed E-state index contributed by atoms with van der Waals surface area (Å²) in [5.41, 5.74) is 4.96. The van der Waals surface area contributed by atoms with E-state index >= 15 is 0 Å². The van der Waals surface area contributed by atoms with Gasteiger partial charge in [0.15, 0.2) is 5.69 Å². The number of nitrogens with two attached hydrogens (primary N) is 1. The molecule has 0 atom stereocenters. The fraction of sp³-hybridized carbons (Fsp3) is 0. The number of anilines is 1.